The zero-order valence-corrected chi connectivity index (χ0v) is 10.3. The summed E-state index contributed by atoms with van der Waals surface area (Å²) in [5.74, 6) is 2.21. The van der Waals surface area contributed by atoms with Crippen LogP contribution >= 0.6 is 0 Å². The SMILES string of the molecule is C#CCN(CC1CC1)C(=O)NCC1(C(=O)O)CC1. The van der Waals surface area contributed by atoms with Crippen LogP contribution in [0.3, 0.4) is 0 Å². The van der Waals surface area contributed by atoms with Gasteiger partial charge in [0.05, 0.1) is 12.0 Å². The van der Waals surface area contributed by atoms with E-state index in [0.29, 0.717) is 25.3 Å². The van der Waals surface area contributed by atoms with Gasteiger partial charge in [-0.1, -0.05) is 5.92 Å². The van der Waals surface area contributed by atoms with Crippen LogP contribution in [-0.4, -0.2) is 41.6 Å². The Morgan fingerprint density at radius 1 is 1.44 bits per heavy atom. The predicted octanol–water partition coefficient (Wildman–Crippen LogP) is 0.906. The van der Waals surface area contributed by atoms with Crippen molar-refractivity contribution in [1.29, 1.82) is 0 Å². The Hall–Kier alpha value is -1.70. The molecule has 18 heavy (non-hydrogen) atoms. The number of carboxylic acids is 1. The number of hydrogen-bond acceptors (Lipinski definition) is 2. The van der Waals surface area contributed by atoms with Gasteiger partial charge in [-0.05, 0) is 31.6 Å². The maximum atomic E-state index is 11.9. The molecule has 0 aromatic rings. The van der Waals surface area contributed by atoms with Crippen LogP contribution in [0.2, 0.25) is 0 Å². The Labute approximate surface area is 107 Å². The quantitative estimate of drug-likeness (QED) is 0.688. The molecule has 98 valence electrons. The van der Waals surface area contributed by atoms with Crippen molar-refractivity contribution in [3.8, 4) is 12.3 Å². The minimum Gasteiger partial charge on any atom is -0.481 e. The third-order valence-electron chi connectivity index (χ3n) is 3.63. The number of hydrogen-bond donors (Lipinski definition) is 2. The maximum absolute atomic E-state index is 11.9. The number of carbonyl (C=O) groups is 2. The summed E-state index contributed by atoms with van der Waals surface area (Å²) in [5.41, 5.74) is -0.725. The molecule has 2 N–H and O–H groups in total. The number of nitrogens with one attached hydrogen (secondary N) is 1. The highest BCUT2D eigenvalue weighted by molar-refractivity contribution is 5.80. The lowest BCUT2D eigenvalue weighted by Crippen LogP contribution is -2.44. The van der Waals surface area contributed by atoms with Gasteiger partial charge >= 0.3 is 12.0 Å². The number of carbonyl (C=O) groups excluding carboxylic acids is 1. The van der Waals surface area contributed by atoms with E-state index in [1.54, 1.807) is 4.90 Å². The minimum atomic E-state index is -0.825. The van der Waals surface area contributed by atoms with Gasteiger partial charge in [-0.15, -0.1) is 6.42 Å². The van der Waals surface area contributed by atoms with Crippen LogP contribution in [0.25, 0.3) is 0 Å². The third kappa shape index (κ3) is 2.95. The number of urea groups is 1. The fourth-order valence-corrected chi connectivity index (χ4v) is 1.92. The first kappa shape index (κ1) is 12.7. The third-order valence-corrected chi connectivity index (χ3v) is 3.63. The minimum absolute atomic E-state index is 0.201. The first-order chi connectivity index (χ1) is 8.57. The summed E-state index contributed by atoms with van der Waals surface area (Å²) in [7, 11) is 0. The zero-order chi connectivity index (χ0) is 13.2. The van der Waals surface area contributed by atoms with Crippen LogP contribution in [0.4, 0.5) is 4.79 Å². The summed E-state index contributed by atoms with van der Waals surface area (Å²) in [6, 6.07) is -0.243. The molecule has 0 heterocycles. The largest absolute Gasteiger partial charge is 0.481 e. The Morgan fingerprint density at radius 2 is 2.11 bits per heavy atom. The highest BCUT2D eigenvalue weighted by Crippen LogP contribution is 2.45. The van der Waals surface area contributed by atoms with Crippen LogP contribution in [0, 0.1) is 23.7 Å². The highest BCUT2D eigenvalue weighted by Gasteiger charge is 2.50. The Morgan fingerprint density at radius 3 is 2.56 bits per heavy atom. The van der Waals surface area contributed by atoms with E-state index in [1.807, 2.05) is 0 Å². The van der Waals surface area contributed by atoms with Gasteiger partial charge in [-0.2, -0.15) is 0 Å². The van der Waals surface area contributed by atoms with E-state index in [-0.39, 0.29) is 19.1 Å². The summed E-state index contributed by atoms with van der Waals surface area (Å²) in [5, 5.41) is 11.7. The second kappa shape index (κ2) is 4.89. The average molecular weight is 250 g/mol. The molecule has 0 spiro atoms. The van der Waals surface area contributed by atoms with E-state index in [4.69, 9.17) is 11.5 Å². The van der Waals surface area contributed by atoms with Crippen molar-refractivity contribution in [1.82, 2.24) is 10.2 Å². The van der Waals surface area contributed by atoms with Gasteiger partial charge in [0.2, 0.25) is 0 Å². The van der Waals surface area contributed by atoms with Crippen LogP contribution in [0.5, 0.6) is 0 Å². The second-order valence-corrected chi connectivity index (χ2v) is 5.27. The van der Waals surface area contributed by atoms with Gasteiger partial charge in [0.1, 0.15) is 0 Å². The Balaban J connectivity index is 1.81. The molecule has 0 atom stereocenters. The number of rotatable bonds is 6. The van der Waals surface area contributed by atoms with Gasteiger partial charge < -0.3 is 15.3 Å². The van der Waals surface area contributed by atoms with E-state index < -0.39 is 11.4 Å². The van der Waals surface area contributed by atoms with Gasteiger partial charge in [-0.25, -0.2) is 4.79 Å². The molecule has 0 radical (unpaired) electrons. The van der Waals surface area contributed by atoms with Crippen molar-refractivity contribution in [2.24, 2.45) is 11.3 Å². The van der Waals surface area contributed by atoms with Crippen molar-refractivity contribution in [2.45, 2.75) is 25.7 Å². The highest BCUT2D eigenvalue weighted by atomic mass is 16.4. The molecule has 0 bridgehead atoms. The second-order valence-electron chi connectivity index (χ2n) is 5.27. The lowest BCUT2D eigenvalue weighted by atomic mass is 10.1. The van der Waals surface area contributed by atoms with Crippen LogP contribution < -0.4 is 5.32 Å². The zero-order valence-electron chi connectivity index (χ0n) is 10.3. The molecule has 5 heteroatoms. The Kier molecular flexibility index (Phi) is 3.46. The number of amides is 2. The lowest BCUT2D eigenvalue weighted by Gasteiger charge is -2.21. The molecule has 0 saturated heterocycles. The van der Waals surface area contributed by atoms with E-state index in [1.165, 1.54) is 0 Å². The molecule has 0 aliphatic heterocycles. The molecular weight excluding hydrogens is 232 g/mol. The monoisotopic (exact) mass is 250 g/mol. The molecule has 2 saturated carbocycles. The first-order valence-corrected chi connectivity index (χ1v) is 6.27. The van der Waals surface area contributed by atoms with E-state index in [9.17, 15) is 9.59 Å². The fourth-order valence-electron chi connectivity index (χ4n) is 1.92. The normalized spacial score (nSPS) is 19.7. The molecule has 2 aliphatic carbocycles. The standard InChI is InChI=1S/C13H18N2O3/c1-2-7-15(8-10-3-4-10)12(18)14-9-13(5-6-13)11(16)17/h1,10H,3-9H2,(H,14,18)(H,16,17). The molecule has 0 aromatic carbocycles. The van der Waals surface area contributed by atoms with E-state index in [2.05, 4.69) is 11.2 Å². The van der Waals surface area contributed by atoms with Gasteiger partial charge in [-0.3, -0.25) is 4.79 Å². The van der Waals surface area contributed by atoms with Crippen molar-refractivity contribution in [3.63, 3.8) is 0 Å². The summed E-state index contributed by atoms with van der Waals surface area (Å²) in [6.45, 7) is 1.16. The molecular formula is C13H18N2O3. The van der Waals surface area contributed by atoms with Crippen LogP contribution in [-0.2, 0) is 4.79 Å². The van der Waals surface area contributed by atoms with Gasteiger partial charge in [0.15, 0.2) is 0 Å². The van der Waals surface area contributed by atoms with E-state index in [0.717, 1.165) is 12.8 Å². The summed E-state index contributed by atoms with van der Waals surface area (Å²) < 4.78 is 0. The maximum Gasteiger partial charge on any atom is 0.318 e. The van der Waals surface area contributed by atoms with Crippen molar-refractivity contribution in [3.05, 3.63) is 0 Å². The van der Waals surface area contributed by atoms with Crippen molar-refractivity contribution < 1.29 is 14.7 Å². The molecule has 2 amide bonds. The average Bonchev–Trinajstić information content (AvgIpc) is 3.20. The number of aliphatic carboxylic acids is 1. The van der Waals surface area contributed by atoms with Crippen LogP contribution in [0.1, 0.15) is 25.7 Å². The van der Waals surface area contributed by atoms with Crippen molar-refractivity contribution in [2.75, 3.05) is 19.6 Å². The van der Waals surface area contributed by atoms with Gasteiger partial charge in [0, 0.05) is 13.1 Å². The molecule has 2 fully saturated rings. The Bertz CT molecular complexity index is 392. The number of nitrogens with zero attached hydrogens (tertiary/aromatic N) is 1. The summed E-state index contributed by atoms with van der Waals surface area (Å²) in [4.78, 5) is 24.5. The smallest absolute Gasteiger partial charge is 0.318 e. The van der Waals surface area contributed by atoms with E-state index >= 15 is 0 Å². The van der Waals surface area contributed by atoms with Crippen molar-refractivity contribution >= 4 is 12.0 Å². The predicted molar refractivity (Wildman–Crippen MR) is 65.8 cm³/mol. The molecule has 0 aromatic heterocycles. The molecule has 0 unspecified atom stereocenters. The summed E-state index contributed by atoms with van der Waals surface area (Å²) in [6.07, 6.45) is 8.81. The summed E-state index contributed by atoms with van der Waals surface area (Å²) >= 11 is 0. The fraction of sp³-hybridized carbons (Fsp3) is 0.692. The van der Waals surface area contributed by atoms with Crippen LogP contribution in [0.15, 0.2) is 0 Å². The number of carboxylic acid groups (broad SMARTS) is 1. The molecule has 5 nitrogen and oxygen atoms in total. The molecule has 2 rings (SSSR count). The number of terminal acetylenes is 1. The lowest BCUT2D eigenvalue weighted by molar-refractivity contribution is -0.143. The topological polar surface area (TPSA) is 69.6 Å². The first-order valence-electron chi connectivity index (χ1n) is 6.27. The van der Waals surface area contributed by atoms with Gasteiger partial charge in [0.25, 0.3) is 0 Å². The molecule has 2 aliphatic rings.